The molecule has 88 valence electrons. The Morgan fingerprint density at radius 1 is 1.25 bits per heavy atom. The van der Waals surface area contributed by atoms with E-state index in [4.69, 9.17) is 0 Å². The molecule has 0 aromatic heterocycles. The van der Waals surface area contributed by atoms with E-state index in [1.54, 1.807) is 6.92 Å². The number of aliphatic hydroxyl groups is 1. The Hall–Kier alpha value is -1.02. The third kappa shape index (κ3) is 2.38. The molecular formula is C14H21NO. The Morgan fingerprint density at radius 2 is 1.88 bits per heavy atom. The van der Waals surface area contributed by atoms with Crippen LogP contribution in [0.3, 0.4) is 0 Å². The lowest BCUT2D eigenvalue weighted by Gasteiger charge is -2.22. The molecule has 1 aromatic rings. The summed E-state index contributed by atoms with van der Waals surface area (Å²) in [7, 11) is 0. The molecule has 1 saturated heterocycles. The Bertz CT molecular complexity index is 354. The van der Waals surface area contributed by atoms with Crippen molar-refractivity contribution >= 4 is 5.69 Å². The molecule has 1 aliphatic heterocycles. The lowest BCUT2D eigenvalue weighted by atomic mass is 9.93. The summed E-state index contributed by atoms with van der Waals surface area (Å²) in [5.74, 6) is 0. The monoisotopic (exact) mass is 219 g/mol. The SMILES string of the molecule is CC(O)c1ccc(N2CCC(C)(C)C2)cc1. The highest BCUT2D eigenvalue weighted by Gasteiger charge is 2.29. The van der Waals surface area contributed by atoms with E-state index in [1.807, 2.05) is 12.1 Å². The van der Waals surface area contributed by atoms with Crippen LogP contribution < -0.4 is 4.90 Å². The van der Waals surface area contributed by atoms with Gasteiger partial charge in [0.05, 0.1) is 6.10 Å². The quantitative estimate of drug-likeness (QED) is 0.826. The zero-order chi connectivity index (χ0) is 11.8. The maximum Gasteiger partial charge on any atom is 0.0761 e. The molecule has 1 fully saturated rings. The van der Waals surface area contributed by atoms with Gasteiger partial charge in [-0.3, -0.25) is 0 Å². The average molecular weight is 219 g/mol. The highest BCUT2D eigenvalue weighted by molar-refractivity contribution is 5.49. The summed E-state index contributed by atoms with van der Waals surface area (Å²) < 4.78 is 0. The van der Waals surface area contributed by atoms with Gasteiger partial charge >= 0.3 is 0 Å². The maximum atomic E-state index is 9.45. The number of benzene rings is 1. The van der Waals surface area contributed by atoms with Crippen LogP contribution in [0.4, 0.5) is 5.69 Å². The summed E-state index contributed by atoms with van der Waals surface area (Å²) in [5, 5.41) is 9.45. The maximum absolute atomic E-state index is 9.45. The zero-order valence-electron chi connectivity index (χ0n) is 10.4. The first-order chi connectivity index (χ1) is 7.48. The third-order valence-electron chi connectivity index (χ3n) is 3.42. The molecule has 2 rings (SSSR count). The number of hydrogen-bond donors (Lipinski definition) is 1. The lowest BCUT2D eigenvalue weighted by Crippen LogP contribution is -2.22. The number of nitrogens with zero attached hydrogens (tertiary/aromatic N) is 1. The van der Waals surface area contributed by atoms with Gasteiger partial charge in [-0.2, -0.15) is 0 Å². The van der Waals surface area contributed by atoms with Gasteiger partial charge in [0.25, 0.3) is 0 Å². The molecule has 1 unspecified atom stereocenters. The Balaban J connectivity index is 2.11. The van der Waals surface area contributed by atoms with Gasteiger partial charge in [-0.1, -0.05) is 26.0 Å². The van der Waals surface area contributed by atoms with Gasteiger partial charge in [-0.15, -0.1) is 0 Å². The van der Waals surface area contributed by atoms with Crippen molar-refractivity contribution < 1.29 is 5.11 Å². The number of aliphatic hydroxyl groups excluding tert-OH is 1. The fraction of sp³-hybridized carbons (Fsp3) is 0.571. The fourth-order valence-electron chi connectivity index (χ4n) is 2.30. The van der Waals surface area contributed by atoms with Crippen molar-refractivity contribution in [1.82, 2.24) is 0 Å². The van der Waals surface area contributed by atoms with Gasteiger partial charge in [0, 0.05) is 18.8 Å². The van der Waals surface area contributed by atoms with E-state index in [0.29, 0.717) is 5.41 Å². The first-order valence-corrected chi connectivity index (χ1v) is 6.01. The average Bonchev–Trinajstić information content (AvgIpc) is 2.59. The van der Waals surface area contributed by atoms with Crippen LogP contribution in [0.2, 0.25) is 0 Å². The molecular weight excluding hydrogens is 198 g/mol. The van der Waals surface area contributed by atoms with Gasteiger partial charge in [0.15, 0.2) is 0 Å². The van der Waals surface area contributed by atoms with Crippen molar-refractivity contribution in [3.8, 4) is 0 Å². The summed E-state index contributed by atoms with van der Waals surface area (Å²) in [6, 6.07) is 8.27. The summed E-state index contributed by atoms with van der Waals surface area (Å²) in [5.41, 5.74) is 2.69. The van der Waals surface area contributed by atoms with Crippen LogP contribution in [0.15, 0.2) is 24.3 Å². The molecule has 1 aliphatic rings. The second-order valence-corrected chi connectivity index (χ2v) is 5.60. The first kappa shape index (κ1) is 11.5. The van der Waals surface area contributed by atoms with Crippen LogP contribution in [0.5, 0.6) is 0 Å². The molecule has 2 heteroatoms. The Morgan fingerprint density at radius 3 is 2.31 bits per heavy atom. The lowest BCUT2D eigenvalue weighted by molar-refractivity contribution is 0.199. The van der Waals surface area contributed by atoms with E-state index in [1.165, 1.54) is 12.1 Å². The molecule has 0 amide bonds. The highest BCUT2D eigenvalue weighted by Crippen LogP contribution is 2.32. The van der Waals surface area contributed by atoms with Crippen molar-refractivity contribution in [3.63, 3.8) is 0 Å². The third-order valence-corrected chi connectivity index (χ3v) is 3.42. The summed E-state index contributed by atoms with van der Waals surface area (Å²) in [6.07, 6.45) is 0.884. The van der Waals surface area contributed by atoms with E-state index in [2.05, 4.69) is 30.9 Å². The molecule has 1 heterocycles. The van der Waals surface area contributed by atoms with Gasteiger partial charge < -0.3 is 10.0 Å². The van der Waals surface area contributed by atoms with Crippen LogP contribution in [-0.4, -0.2) is 18.2 Å². The molecule has 16 heavy (non-hydrogen) atoms. The summed E-state index contributed by atoms with van der Waals surface area (Å²) >= 11 is 0. The second kappa shape index (κ2) is 4.10. The van der Waals surface area contributed by atoms with Crippen molar-refractivity contribution in [2.45, 2.75) is 33.3 Å². The molecule has 2 nitrogen and oxygen atoms in total. The van der Waals surface area contributed by atoms with Gasteiger partial charge in [0.2, 0.25) is 0 Å². The van der Waals surface area contributed by atoms with E-state index < -0.39 is 0 Å². The second-order valence-electron chi connectivity index (χ2n) is 5.60. The summed E-state index contributed by atoms with van der Waals surface area (Å²) in [4.78, 5) is 2.42. The molecule has 1 N–H and O–H groups in total. The van der Waals surface area contributed by atoms with Crippen LogP contribution in [0.1, 0.15) is 38.9 Å². The smallest absolute Gasteiger partial charge is 0.0761 e. The fourth-order valence-corrected chi connectivity index (χ4v) is 2.30. The molecule has 0 spiro atoms. The normalized spacial score (nSPS) is 21.1. The van der Waals surface area contributed by atoms with Crippen molar-refractivity contribution in [2.24, 2.45) is 5.41 Å². The zero-order valence-corrected chi connectivity index (χ0v) is 10.4. The van der Waals surface area contributed by atoms with Crippen molar-refractivity contribution in [3.05, 3.63) is 29.8 Å². The topological polar surface area (TPSA) is 23.5 Å². The minimum atomic E-state index is -0.371. The van der Waals surface area contributed by atoms with Gasteiger partial charge in [-0.05, 0) is 36.5 Å². The number of rotatable bonds is 2. The van der Waals surface area contributed by atoms with E-state index in [-0.39, 0.29) is 6.10 Å². The first-order valence-electron chi connectivity index (χ1n) is 6.01. The molecule has 1 aromatic carbocycles. The predicted molar refractivity (Wildman–Crippen MR) is 67.7 cm³/mol. The van der Waals surface area contributed by atoms with E-state index >= 15 is 0 Å². The largest absolute Gasteiger partial charge is 0.389 e. The standard InChI is InChI=1S/C14H21NO/c1-11(16)12-4-6-13(7-5-12)15-9-8-14(2,3)10-15/h4-7,11,16H,8-10H2,1-3H3. The minimum absolute atomic E-state index is 0.371. The van der Waals surface area contributed by atoms with Crippen molar-refractivity contribution in [1.29, 1.82) is 0 Å². The Kier molecular flexibility index (Phi) is 2.94. The van der Waals surface area contributed by atoms with E-state index in [0.717, 1.165) is 18.7 Å². The molecule has 0 aliphatic carbocycles. The molecule has 0 radical (unpaired) electrons. The van der Waals surface area contributed by atoms with Gasteiger partial charge in [-0.25, -0.2) is 0 Å². The summed E-state index contributed by atoms with van der Waals surface area (Å²) in [6.45, 7) is 8.70. The van der Waals surface area contributed by atoms with Gasteiger partial charge in [0.1, 0.15) is 0 Å². The van der Waals surface area contributed by atoms with E-state index in [9.17, 15) is 5.11 Å². The highest BCUT2D eigenvalue weighted by atomic mass is 16.3. The van der Waals surface area contributed by atoms with Crippen LogP contribution >= 0.6 is 0 Å². The molecule has 0 saturated carbocycles. The minimum Gasteiger partial charge on any atom is -0.389 e. The number of anilines is 1. The van der Waals surface area contributed by atoms with Crippen molar-refractivity contribution in [2.75, 3.05) is 18.0 Å². The molecule has 1 atom stereocenters. The Labute approximate surface area is 97.9 Å². The molecule has 0 bridgehead atoms. The predicted octanol–water partition coefficient (Wildman–Crippen LogP) is 2.98. The van der Waals surface area contributed by atoms with Crippen LogP contribution in [0, 0.1) is 5.41 Å². The van der Waals surface area contributed by atoms with Crippen LogP contribution in [0.25, 0.3) is 0 Å². The number of hydrogen-bond acceptors (Lipinski definition) is 2. The van der Waals surface area contributed by atoms with Crippen LogP contribution in [-0.2, 0) is 0 Å².